The number of hydrogen-bond acceptors (Lipinski definition) is 4. The molecular weight excluding hydrogens is 532 g/mol. The number of hydrogen-bond donors (Lipinski definition) is 2. The third-order valence-corrected chi connectivity index (χ3v) is 5.06. The standard InChI is InChI=1S/C17H23BrFN5S.HI/c1-20-16(22-10-14-11-25-17(23-14)24(2)3)21-8-4-5-12-6-7-13(18)9-15(12)19;/h6-7,9,11H,4-5,8,10H2,1-3H3,(H2,20,21,22);1H. The average Bonchev–Trinajstić information content (AvgIpc) is 3.05. The van der Waals surface area contributed by atoms with E-state index < -0.39 is 0 Å². The number of aromatic nitrogens is 1. The van der Waals surface area contributed by atoms with Gasteiger partial charge in [0.1, 0.15) is 5.82 Å². The van der Waals surface area contributed by atoms with Gasteiger partial charge in [-0.1, -0.05) is 22.0 Å². The van der Waals surface area contributed by atoms with Gasteiger partial charge in [0, 0.05) is 37.5 Å². The topological polar surface area (TPSA) is 52.6 Å². The molecule has 0 atom stereocenters. The van der Waals surface area contributed by atoms with Crippen molar-refractivity contribution in [3.8, 4) is 0 Å². The summed E-state index contributed by atoms with van der Waals surface area (Å²) in [5.41, 5.74) is 1.71. The molecule has 0 aliphatic carbocycles. The second-order valence-corrected chi connectivity index (χ2v) is 7.46. The highest BCUT2D eigenvalue weighted by Crippen LogP contribution is 2.18. The summed E-state index contributed by atoms with van der Waals surface area (Å²) in [7, 11) is 5.69. The highest BCUT2D eigenvalue weighted by molar-refractivity contribution is 14.0. The molecule has 1 heterocycles. The zero-order chi connectivity index (χ0) is 18.2. The highest BCUT2D eigenvalue weighted by Gasteiger charge is 2.05. The van der Waals surface area contributed by atoms with Gasteiger partial charge in [0.2, 0.25) is 0 Å². The Kier molecular flexibility index (Phi) is 10.4. The van der Waals surface area contributed by atoms with Gasteiger partial charge in [-0.15, -0.1) is 35.3 Å². The van der Waals surface area contributed by atoms with E-state index in [2.05, 4.69) is 36.5 Å². The fourth-order valence-electron chi connectivity index (χ4n) is 2.19. The molecule has 5 nitrogen and oxygen atoms in total. The van der Waals surface area contributed by atoms with Gasteiger partial charge in [0.15, 0.2) is 11.1 Å². The summed E-state index contributed by atoms with van der Waals surface area (Å²) in [5, 5.41) is 9.50. The van der Waals surface area contributed by atoms with Crippen LogP contribution in [0.3, 0.4) is 0 Å². The Morgan fingerprint density at radius 1 is 1.35 bits per heavy atom. The van der Waals surface area contributed by atoms with Gasteiger partial charge in [0.05, 0.1) is 12.2 Å². The lowest BCUT2D eigenvalue weighted by molar-refractivity contribution is 0.601. The van der Waals surface area contributed by atoms with Gasteiger partial charge in [-0.05, 0) is 30.5 Å². The number of aryl methyl sites for hydroxylation is 1. The van der Waals surface area contributed by atoms with Gasteiger partial charge in [-0.3, -0.25) is 4.99 Å². The molecular formula is C17H24BrFIN5S. The van der Waals surface area contributed by atoms with Crippen LogP contribution in [-0.4, -0.2) is 38.6 Å². The van der Waals surface area contributed by atoms with Gasteiger partial charge in [0.25, 0.3) is 0 Å². The van der Waals surface area contributed by atoms with Crippen LogP contribution in [0, 0.1) is 5.82 Å². The lowest BCUT2D eigenvalue weighted by Crippen LogP contribution is -2.37. The minimum atomic E-state index is -0.169. The molecule has 0 fully saturated rings. The van der Waals surface area contributed by atoms with Crippen LogP contribution in [0.15, 0.2) is 33.0 Å². The van der Waals surface area contributed by atoms with E-state index >= 15 is 0 Å². The summed E-state index contributed by atoms with van der Waals surface area (Å²) < 4.78 is 14.5. The zero-order valence-corrected chi connectivity index (χ0v) is 19.8. The first kappa shape index (κ1) is 23.1. The second-order valence-electron chi connectivity index (χ2n) is 5.71. The lowest BCUT2D eigenvalue weighted by Gasteiger charge is -2.11. The Labute approximate surface area is 183 Å². The largest absolute Gasteiger partial charge is 0.356 e. The lowest BCUT2D eigenvalue weighted by atomic mass is 10.1. The molecule has 0 saturated carbocycles. The van der Waals surface area contributed by atoms with Crippen molar-refractivity contribution in [3.05, 3.63) is 45.1 Å². The fourth-order valence-corrected chi connectivity index (χ4v) is 3.28. The van der Waals surface area contributed by atoms with Crippen LogP contribution >= 0.6 is 51.2 Å². The zero-order valence-electron chi connectivity index (χ0n) is 15.1. The van der Waals surface area contributed by atoms with Gasteiger partial charge < -0.3 is 15.5 Å². The van der Waals surface area contributed by atoms with Crippen LogP contribution < -0.4 is 15.5 Å². The minimum Gasteiger partial charge on any atom is -0.356 e. The van der Waals surface area contributed by atoms with Crippen molar-refractivity contribution in [3.63, 3.8) is 0 Å². The van der Waals surface area contributed by atoms with E-state index in [4.69, 9.17) is 0 Å². The molecule has 0 bridgehead atoms. The Morgan fingerprint density at radius 3 is 2.73 bits per heavy atom. The molecule has 0 aliphatic heterocycles. The quantitative estimate of drug-likeness (QED) is 0.234. The van der Waals surface area contributed by atoms with Gasteiger partial charge in [-0.2, -0.15) is 0 Å². The summed E-state index contributed by atoms with van der Waals surface area (Å²) in [6.07, 6.45) is 1.50. The predicted molar refractivity (Wildman–Crippen MR) is 122 cm³/mol. The van der Waals surface area contributed by atoms with E-state index in [0.29, 0.717) is 13.0 Å². The number of guanidine groups is 1. The van der Waals surface area contributed by atoms with Crippen molar-refractivity contribution in [2.75, 3.05) is 32.6 Å². The van der Waals surface area contributed by atoms with E-state index in [1.165, 1.54) is 6.07 Å². The van der Waals surface area contributed by atoms with Crippen molar-refractivity contribution in [1.82, 2.24) is 15.6 Å². The first-order valence-corrected chi connectivity index (χ1v) is 9.67. The van der Waals surface area contributed by atoms with E-state index in [1.54, 1.807) is 18.4 Å². The van der Waals surface area contributed by atoms with Crippen molar-refractivity contribution in [1.29, 1.82) is 0 Å². The molecule has 0 amide bonds. The monoisotopic (exact) mass is 555 g/mol. The molecule has 0 radical (unpaired) electrons. The van der Waals surface area contributed by atoms with Crippen molar-refractivity contribution in [2.45, 2.75) is 19.4 Å². The Hall–Kier alpha value is -0.940. The summed E-state index contributed by atoms with van der Waals surface area (Å²) >= 11 is 4.88. The molecule has 0 spiro atoms. The highest BCUT2D eigenvalue weighted by atomic mass is 127. The number of aliphatic imine (C=N–C) groups is 1. The van der Waals surface area contributed by atoms with Crippen molar-refractivity contribution < 1.29 is 4.39 Å². The molecule has 26 heavy (non-hydrogen) atoms. The van der Waals surface area contributed by atoms with Crippen molar-refractivity contribution >= 4 is 62.3 Å². The number of thiazole rings is 1. The summed E-state index contributed by atoms with van der Waals surface area (Å²) in [6, 6.07) is 5.18. The molecule has 144 valence electrons. The normalized spacial score (nSPS) is 11.0. The SMILES string of the molecule is CN=C(NCCCc1ccc(Br)cc1F)NCc1csc(N(C)C)n1.I. The molecule has 1 aromatic carbocycles. The minimum absolute atomic E-state index is 0. The summed E-state index contributed by atoms with van der Waals surface area (Å²) in [5.74, 6) is 0.549. The Bertz CT molecular complexity index is 723. The molecule has 0 aliphatic rings. The fraction of sp³-hybridized carbons (Fsp3) is 0.412. The number of benzene rings is 1. The number of anilines is 1. The Morgan fingerprint density at radius 2 is 2.12 bits per heavy atom. The number of halogens is 3. The number of rotatable bonds is 7. The van der Waals surface area contributed by atoms with Gasteiger partial charge >= 0.3 is 0 Å². The predicted octanol–water partition coefficient (Wildman–Crippen LogP) is 4.03. The van der Waals surface area contributed by atoms with Crippen LogP contribution in [-0.2, 0) is 13.0 Å². The molecule has 0 unspecified atom stereocenters. The molecule has 2 aromatic rings. The molecule has 2 N–H and O–H groups in total. The van der Waals surface area contributed by atoms with Gasteiger partial charge in [-0.25, -0.2) is 9.37 Å². The number of nitrogens with zero attached hydrogens (tertiary/aromatic N) is 3. The average molecular weight is 556 g/mol. The van der Waals surface area contributed by atoms with E-state index in [0.717, 1.165) is 39.8 Å². The molecule has 0 saturated heterocycles. The van der Waals surface area contributed by atoms with E-state index in [1.807, 2.05) is 36.5 Å². The Balaban J connectivity index is 0.00000338. The molecule has 1 aromatic heterocycles. The third-order valence-electron chi connectivity index (χ3n) is 3.51. The summed E-state index contributed by atoms with van der Waals surface area (Å²) in [4.78, 5) is 10.7. The maximum atomic E-state index is 13.8. The van der Waals surface area contributed by atoms with Crippen molar-refractivity contribution in [2.24, 2.45) is 4.99 Å². The van der Waals surface area contributed by atoms with Crippen LogP contribution in [0.25, 0.3) is 0 Å². The van der Waals surface area contributed by atoms with Crippen LogP contribution in [0.2, 0.25) is 0 Å². The van der Waals surface area contributed by atoms with Crippen LogP contribution in [0.4, 0.5) is 9.52 Å². The van der Waals surface area contributed by atoms with E-state index in [-0.39, 0.29) is 29.8 Å². The molecule has 2 rings (SSSR count). The number of nitrogens with one attached hydrogen (secondary N) is 2. The van der Waals surface area contributed by atoms with Crippen LogP contribution in [0.1, 0.15) is 17.7 Å². The summed E-state index contributed by atoms with van der Waals surface area (Å²) in [6.45, 7) is 1.33. The maximum Gasteiger partial charge on any atom is 0.191 e. The van der Waals surface area contributed by atoms with Crippen LogP contribution in [0.5, 0.6) is 0 Å². The van der Waals surface area contributed by atoms with E-state index in [9.17, 15) is 4.39 Å². The molecule has 9 heteroatoms. The first-order chi connectivity index (χ1) is 12.0. The second kappa shape index (κ2) is 11.7. The maximum absolute atomic E-state index is 13.8. The smallest absolute Gasteiger partial charge is 0.191 e. The first-order valence-electron chi connectivity index (χ1n) is 7.99. The third kappa shape index (κ3) is 7.36.